The van der Waals surface area contributed by atoms with Crippen molar-refractivity contribution in [2.75, 3.05) is 38.8 Å². The van der Waals surface area contributed by atoms with Gasteiger partial charge in [-0.1, -0.05) is 54.1 Å². The molecule has 0 bridgehead atoms. The van der Waals surface area contributed by atoms with Crippen molar-refractivity contribution >= 4 is 37.4 Å². The van der Waals surface area contributed by atoms with Crippen LogP contribution in [0.2, 0.25) is 5.02 Å². The summed E-state index contributed by atoms with van der Waals surface area (Å²) in [6.45, 7) is 3.49. The summed E-state index contributed by atoms with van der Waals surface area (Å²) in [6.07, 6.45) is 3.89. The molecule has 0 saturated carbocycles. The van der Waals surface area contributed by atoms with Crippen molar-refractivity contribution in [3.8, 4) is 34.1 Å². The Labute approximate surface area is 326 Å². The first-order valence-electron chi connectivity index (χ1n) is 17.2. The molecular weight excluding hydrogens is 766 g/mol. The highest BCUT2D eigenvalue weighted by Gasteiger charge is 2.20. The van der Waals surface area contributed by atoms with Crippen LogP contribution >= 0.6 is 11.6 Å². The van der Waals surface area contributed by atoms with Crippen LogP contribution in [0.1, 0.15) is 32.6 Å². The number of sulfonamides is 1. The number of benzene rings is 4. The number of sulfone groups is 1. The second-order valence-corrected chi connectivity index (χ2v) is 17.3. The first-order valence-corrected chi connectivity index (χ1v) is 21.2. The highest BCUT2D eigenvalue weighted by atomic mass is 35.5. The molecule has 0 aliphatic carbocycles. The van der Waals surface area contributed by atoms with Gasteiger partial charge in [0.05, 0.1) is 15.7 Å². The van der Waals surface area contributed by atoms with E-state index in [0.717, 1.165) is 28.5 Å². The number of hydrogen-bond acceptors (Lipinski definition) is 11. The number of nitrogens with one attached hydrogen (secondary N) is 1. The summed E-state index contributed by atoms with van der Waals surface area (Å²) in [5.74, 6) is 1.10. The Morgan fingerprint density at radius 3 is 2.36 bits per heavy atom. The fraction of sp³-hybridized carbons (Fsp3) is 0.250. The number of nitrogens with zero attached hydrogens (tertiary/aromatic N) is 2. The largest absolute Gasteiger partial charge is 0.488 e. The van der Waals surface area contributed by atoms with Crippen LogP contribution in [0, 0.1) is 6.92 Å². The Hall–Kier alpha value is -5.15. The lowest BCUT2D eigenvalue weighted by Crippen LogP contribution is -2.36. The first kappa shape index (κ1) is 39.5. The van der Waals surface area contributed by atoms with E-state index in [0.29, 0.717) is 52.4 Å². The van der Waals surface area contributed by atoms with E-state index in [1.165, 1.54) is 30.6 Å². The maximum absolute atomic E-state index is 12.8. The molecule has 0 atom stereocenters. The maximum atomic E-state index is 12.8. The normalized spacial score (nSPS) is 12.7. The van der Waals surface area contributed by atoms with Crippen molar-refractivity contribution in [1.82, 2.24) is 14.6 Å². The van der Waals surface area contributed by atoms with Crippen LogP contribution in [-0.4, -0.2) is 71.4 Å². The van der Waals surface area contributed by atoms with E-state index in [-0.39, 0.29) is 42.5 Å². The second kappa shape index (κ2) is 17.1. The molecule has 1 N–H and O–H groups in total. The highest BCUT2D eigenvalue weighted by Crippen LogP contribution is 2.38. The summed E-state index contributed by atoms with van der Waals surface area (Å²) in [5, 5.41) is 0.305. The van der Waals surface area contributed by atoms with Gasteiger partial charge >= 0.3 is 0 Å². The molecule has 0 spiro atoms. The van der Waals surface area contributed by atoms with Crippen molar-refractivity contribution in [2.24, 2.45) is 0 Å². The number of ether oxygens (including phenoxy) is 4. The Morgan fingerprint density at radius 2 is 1.60 bits per heavy atom. The van der Waals surface area contributed by atoms with Crippen molar-refractivity contribution < 1.29 is 40.6 Å². The van der Waals surface area contributed by atoms with E-state index in [4.69, 9.17) is 30.5 Å². The molecule has 0 saturated heterocycles. The topological polar surface area (TPSA) is 150 Å². The van der Waals surface area contributed by atoms with Crippen LogP contribution in [0.25, 0.3) is 11.1 Å². The summed E-state index contributed by atoms with van der Waals surface area (Å²) < 4.78 is 76.0. The zero-order valence-electron chi connectivity index (χ0n) is 30.5. The van der Waals surface area contributed by atoms with Crippen molar-refractivity contribution in [3.63, 3.8) is 0 Å². The van der Waals surface area contributed by atoms with E-state index in [9.17, 15) is 21.6 Å². The minimum atomic E-state index is -3.95. The summed E-state index contributed by atoms with van der Waals surface area (Å²) in [7, 11) is -5.72. The molecule has 2 heterocycles. The Bertz CT molecular complexity index is 2410. The molecule has 12 nitrogen and oxygen atoms in total. The number of fused-ring (bicyclic) bond motifs is 1. The third-order valence-electron chi connectivity index (χ3n) is 8.86. The van der Waals surface area contributed by atoms with Crippen molar-refractivity contribution in [1.29, 1.82) is 0 Å². The standard InChI is InChI=1S/C40H40ClN3O9S2/c1-27-31(10-7-11-34(27)30-12-13-36-39(20-30)51-16-15-50-36)26-53-38-21-37(52-25-28-18-33(23-42-22-28)54(3,46)47)32(19-35(38)41)24-44(2)14-17-55(48,49)43-40(45)29-8-5-4-6-9-29/h4-13,18-23H,14-17,24-26H2,1-3H3,(H,43,45). The van der Waals surface area contributed by atoms with Gasteiger partial charge in [-0.25, -0.2) is 21.6 Å². The molecule has 1 amide bonds. The van der Waals surface area contributed by atoms with Crippen LogP contribution in [0.5, 0.6) is 23.0 Å². The van der Waals surface area contributed by atoms with Gasteiger partial charge in [0, 0.05) is 54.5 Å². The smallest absolute Gasteiger partial charge is 0.264 e. The molecule has 1 aliphatic heterocycles. The lowest BCUT2D eigenvalue weighted by atomic mass is 9.96. The van der Waals surface area contributed by atoms with Gasteiger partial charge in [0.1, 0.15) is 37.9 Å². The van der Waals surface area contributed by atoms with E-state index in [1.54, 1.807) is 42.3 Å². The quantitative estimate of drug-likeness (QED) is 0.128. The summed E-state index contributed by atoms with van der Waals surface area (Å²) in [4.78, 5) is 18.3. The average Bonchev–Trinajstić information content (AvgIpc) is 3.16. The lowest BCUT2D eigenvalue weighted by molar-refractivity contribution is 0.0981. The Morgan fingerprint density at radius 1 is 0.855 bits per heavy atom. The van der Waals surface area contributed by atoms with Crippen LogP contribution in [-0.2, 0) is 39.6 Å². The predicted octanol–water partition coefficient (Wildman–Crippen LogP) is 6.23. The van der Waals surface area contributed by atoms with Crippen molar-refractivity contribution in [3.05, 3.63) is 130 Å². The SMILES string of the molecule is Cc1c(COc2cc(OCc3cncc(S(C)(=O)=O)c3)c(CN(C)CCS(=O)(=O)NC(=O)c3ccccc3)cc2Cl)cccc1-c1ccc2c(c1)OCCO2. The minimum absolute atomic E-state index is 0.0231. The third-order valence-corrected chi connectivity index (χ3v) is 11.4. The van der Waals surface area contributed by atoms with Crippen LogP contribution in [0.3, 0.4) is 0 Å². The summed E-state index contributed by atoms with van der Waals surface area (Å²) in [6, 6.07) is 24.8. The molecule has 5 aromatic rings. The molecule has 0 unspecified atom stereocenters. The molecule has 15 heteroatoms. The van der Waals surface area contributed by atoms with E-state index in [1.807, 2.05) is 43.3 Å². The van der Waals surface area contributed by atoms with Gasteiger partial charge in [-0.3, -0.25) is 9.78 Å². The second-order valence-electron chi connectivity index (χ2n) is 13.1. The Balaban J connectivity index is 1.20. The van der Waals surface area contributed by atoms with E-state index < -0.39 is 25.8 Å². The van der Waals surface area contributed by atoms with Gasteiger partial charge in [-0.05, 0) is 72.6 Å². The fourth-order valence-corrected chi connectivity index (χ4v) is 7.77. The van der Waals surface area contributed by atoms with Crippen LogP contribution in [0.15, 0.2) is 102 Å². The van der Waals surface area contributed by atoms with E-state index in [2.05, 4.69) is 9.71 Å². The van der Waals surface area contributed by atoms with Crippen LogP contribution < -0.4 is 23.7 Å². The molecule has 1 aromatic heterocycles. The van der Waals surface area contributed by atoms with Gasteiger partial charge in [-0.15, -0.1) is 0 Å². The first-order chi connectivity index (χ1) is 26.3. The average molecular weight is 806 g/mol. The zero-order valence-corrected chi connectivity index (χ0v) is 32.8. The third kappa shape index (κ3) is 10.3. The van der Waals surface area contributed by atoms with Crippen molar-refractivity contribution in [2.45, 2.75) is 31.6 Å². The molecule has 55 heavy (non-hydrogen) atoms. The summed E-state index contributed by atoms with van der Waals surface area (Å²) in [5.41, 5.74) is 5.31. The number of amides is 1. The molecular formula is C40H40ClN3O9S2. The molecule has 0 radical (unpaired) electrons. The lowest BCUT2D eigenvalue weighted by Gasteiger charge is -2.21. The molecule has 0 fully saturated rings. The molecule has 1 aliphatic rings. The zero-order chi connectivity index (χ0) is 39.2. The predicted molar refractivity (Wildman–Crippen MR) is 209 cm³/mol. The molecule has 6 rings (SSSR count). The van der Waals surface area contributed by atoms with Gasteiger partial charge in [-0.2, -0.15) is 0 Å². The van der Waals surface area contributed by atoms with E-state index >= 15 is 0 Å². The molecule has 4 aromatic carbocycles. The Kier molecular flexibility index (Phi) is 12.3. The fourth-order valence-electron chi connectivity index (χ4n) is 5.86. The number of aromatic nitrogens is 1. The monoisotopic (exact) mass is 805 g/mol. The summed E-state index contributed by atoms with van der Waals surface area (Å²) >= 11 is 6.79. The maximum Gasteiger partial charge on any atom is 0.264 e. The van der Waals surface area contributed by atoms with Gasteiger partial charge in [0.15, 0.2) is 21.3 Å². The number of rotatable bonds is 15. The van der Waals surface area contributed by atoms with Gasteiger partial charge in [0.25, 0.3) is 5.91 Å². The number of carbonyl (C=O) groups excluding carboxylic acids is 1. The highest BCUT2D eigenvalue weighted by molar-refractivity contribution is 7.90. The molecule has 288 valence electrons. The minimum Gasteiger partial charge on any atom is -0.488 e. The number of hydrogen-bond donors (Lipinski definition) is 1. The number of halogens is 1. The van der Waals surface area contributed by atoms with Gasteiger partial charge in [0.2, 0.25) is 10.0 Å². The van der Waals surface area contributed by atoms with Gasteiger partial charge < -0.3 is 23.8 Å². The van der Waals surface area contributed by atoms with Crippen LogP contribution in [0.4, 0.5) is 0 Å². The number of carbonyl (C=O) groups is 1. The number of pyridine rings is 1.